The number of rotatable bonds is 6. The van der Waals surface area contributed by atoms with Crippen LogP contribution in [0.2, 0.25) is 0 Å². The molecule has 1 fully saturated rings. The van der Waals surface area contributed by atoms with Crippen LogP contribution in [-0.4, -0.2) is 48.2 Å². The Morgan fingerprint density at radius 3 is 2.78 bits per heavy atom. The fourth-order valence-electron chi connectivity index (χ4n) is 1.35. The molecular weight excluding hydrogens is 320 g/mol. The summed E-state index contributed by atoms with van der Waals surface area (Å²) in [5.74, 6) is 0.711. The van der Waals surface area contributed by atoms with Crippen molar-refractivity contribution in [1.82, 2.24) is 9.97 Å². The number of nitrogens with zero attached hydrogens (tertiary/aromatic N) is 4. The van der Waals surface area contributed by atoms with Gasteiger partial charge in [0, 0.05) is 18.6 Å². The van der Waals surface area contributed by atoms with Gasteiger partial charge < -0.3 is 13.9 Å². The van der Waals surface area contributed by atoms with E-state index in [1.165, 1.54) is 12.0 Å². The molecule has 0 amide bonds. The van der Waals surface area contributed by atoms with Crippen LogP contribution < -0.4 is 4.90 Å². The standard InChI is InChI=1S/C10H13BrN4O2S/c1-18-17-3-2-16-14-9-6-15(7-9)10-12-4-8(11)5-13-10/h4-5H,2-3,6-7H2,1H3. The Bertz CT molecular complexity index is 407. The number of oxime groups is 1. The molecule has 8 heteroatoms. The van der Waals surface area contributed by atoms with Crippen molar-refractivity contribution in [1.29, 1.82) is 0 Å². The van der Waals surface area contributed by atoms with E-state index in [2.05, 4.69) is 31.1 Å². The minimum Gasteiger partial charge on any atom is -0.393 e. The van der Waals surface area contributed by atoms with Gasteiger partial charge in [-0.25, -0.2) is 9.97 Å². The van der Waals surface area contributed by atoms with Crippen LogP contribution in [0.5, 0.6) is 0 Å². The van der Waals surface area contributed by atoms with Crippen LogP contribution in [0.15, 0.2) is 22.0 Å². The molecular formula is C10H13BrN4O2S. The lowest BCUT2D eigenvalue weighted by molar-refractivity contribution is 0.113. The molecule has 0 bridgehead atoms. The van der Waals surface area contributed by atoms with E-state index < -0.39 is 0 Å². The number of anilines is 1. The van der Waals surface area contributed by atoms with Crippen LogP contribution in [-0.2, 0) is 9.02 Å². The van der Waals surface area contributed by atoms with E-state index in [1.54, 1.807) is 12.4 Å². The Morgan fingerprint density at radius 1 is 1.39 bits per heavy atom. The van der Waals surface area contributed by atoms with Gasteiger partial charge in [-0.2, -0.15) is 0 Å². The average molecular weight is 333 g/mol. The van der Waals surface area contributed by atoms with Crippen molar-refractivity contribution in [3.63, 3.8) is 0 Å². The molecule has 2 rings (SSSR count). The SMILES string of the molecule is CSOCCON=C1CN(c2ncc(Br)cn2)C1. The number of hydrogen-bond acceptors (Lipinski definition) is 7. The van der Waals surface area contributed by atoms with Crippen LogP contribution in [0.4, 0.5) is 5.95 Å². The van der Waals surface area contributed by atoms with Gasteiger partial charge in [0.1, 0.15) is 6.61 Å². The van der Waals surface area contributed by atoms with Crippen molar-refractivity contribution in [3.8, 4) is 0 Å². The van der Waals surface area contributed by atoms with E-state index in [0.717, 1.165) is 10.2 Å². The zero-order valence-corrected chi connectivity index (χ0v) is 12.3. The first kappa shape index (κ1) is 13.6. The highest BCUT2D eigenvalue weighted by molar-refractivity contribution is 9.10. The summed E-state index contributed by atoms with van der Waals surface area (Å²) in [6, 6.07) is 0. The molecule has 98 valence electrons. The van der Waals surface area contributed by atoms with Crippen LogP contribution in [0.1, 0.15) is 0 Å². The van der Waals surface area contributed by atoms with Crippen molar-refractivity contribution < 1.29 is 9.02 Å². The second kappa shape index (κ2) is 6.91. The van der Waals surface area contributed by atoms with Crippen molar-refractivity contribution in [2.24, 2.45) is 5.16 Å². The van der Waals surface area contributed by atoms with Crippen molar-refractivity contribution in [2.75, 3.05) is 37.5 Å². The number of hydrogen-bond donors (Lipinski definition) is 0. The third kappa shape index (κ3) is 3.82. The first-order valence-electron chi connectivity index (χ1n) is 5.35. The summed E-state index contributed by atoms with van der Waals surface area (Å²) in [5.41, 5.74) is 0.991. The second-order valence-corrected chi connectivity index (χ2v) is 5.02. The lowest BCUT2D eigenvalue weighted by atomic mass is 10.2. The molecule has 0 spiro atoms. The predicted molar refractivity (Wildman–Crippen MR) is 74.8 cm³/mol. The van der Waals surface area contributed by atoms with Crippen molar-refractivity contribution >= 4 is 39.6 Å². The molecule has 1 aromatic heterocycles. The Kier molecular flexibility index (Phi) is 5.21. The van der Waals surface area contributed by atoms with Gasteiger partial charge in [-0.1, -0.05) is 5.16 Å². The molecule has 1 aliphatic rings. The van der Waals surface area contributed by atoms with Gasteiger partial charge >= 0.3 is 0 Å². The topological polar surface area (TPSA) is 59.8 Å². The highest BCUT2D eigenvalue weighted by Crippen LogP contribution is 2.15. The smallest absolute Gasteiger partial charge is 0.226 e. The average Bonchev–Trinajstić information content (AvgIpc) is 2.33. The van der Waals surface area contributed by atoms with Gasteiger partial charge in [-0.05, 0) is 28.0 Å². The van der Waals surface area contributed by atoms with Crippen LogP contribution in [0.3, 0.4) is 0 Å². The Hall–Kier alpha value is -0.860. The largest absolute Gasteiger partial charge is 0.393 e. The molecule has 6 nitrogen and oxygen atoms in total. The maximum Gasteiger partial charge on any atom is 0.226 e. The number of halogens is 1. The van der Waals surface area contributed by atoms with Crippen molar-refractivity contribution in [2.45, 2.75) is 0 Å². The number of aromatic nitrogens is 2. The Morgan fingerprint density at radius 2 is 2.11 bits per heavy atom. The summed E-state index contributed by atoms with van der Waals surface area (Å²) >= 11 is 4.62. The van der Waals surface area contributed by atoms with Gasteiger partial charge in [0.15, 0.2) is 0 Å². The minimum atomic E-state index is 0.471. The minimum absolute atomic E-state index is 0.471. The highest BCUT2D eigenvalue weighted by atomic mass is 79.9. The van der Waals surface area contributed by atoms with Gasteiger partial charge in [-0.15, -0.1) is 0 Å². The molecule has 0 radical (unpaired) electrons. The highest BCUT2D eigenvalue weighted by Gasteiger charge is 2.24. The van der Waals surface area contributed by atoms with Gasteiger partial charge in [0.2, 0.25) is 5.95 Å². The quantitative estimate of drug-likeness (QED) is 0.449. The van der Waals surface area contributed by atoms with E-state index >= 15 is 0 Å². The van der Waals surface area contributed by atoms with Crippen LogP contribution in [0, 0.1) is 0 Å². The molecule has 0 saturated carbocycles. The summed E-state index contributed by atoms with van der Waals surface area (Å²) in [4.78, 5) is 15.5. The molecule has 1 aliphatic heterocycles. The van der Waals surface area contributed by atoms with E-state index in [4.69, 9.17) is 9.02 Å². The zero-order chi connectivity index (χ0) is 12.8. The molecule has 18 heavy (non-hydrogen) atoms. The Balaban J connectivity index is 1.70. The lowest BCUT2D eigenvalue weighted by Gasteiger charge is -2.31. The fourth-order valence-corrected chi connectivity index (χ4v) is 1.79. The molecule has 0 atom stereocenters. The molecule has 1 saturated heterocycles. The predicted octanol–water partition coefficient (Wildman–Crippen LogP) is 1.73. The maximum atomic E-state index is 5.12. The monoisotopic (exact) mass is 332 g/mol. The lowest BCUT2D eigenvalue weighted by Crippen LogP contribution is -2.48. The van der Waals surface area contributed by atoms with E-state index in [-0.39, 0.29) is 0 Å². The maximum absolute atomic E-state index is 5.12. The summed E-state index contributed by atoms with van der Waals surface area (Å²) in [6.07, 6.45) is 5.33. The normalized spacial score (nSPS) is 14.3. The van der Waals surface area contributed by atoms with Crippen molar-refractivity contribution in [3.05, 3.63) is 16.9 Å². The van der Waals surface area contributed by atoms with Crippen LogP contribution >= 0.6 is 28.0 Å². The zero-order valence-electron chi connectivity index (χ0n) is 9.87. The summed E-state index contributed by atoms with van der Waals surface area (Å²) < 4.78 is 5.93. The molecule has 0 unspecified atom stereocenters. The van der Waals surface area contributed by atoms with Gasteiger partial charge in [-0.3, -0.25) is 0 Å². The van der Waals surface area contributed by atoms with Crippen LogP contribution in [0.25, 0.3) is 0 Å². The first-order valence-corrected chi connectivity index (χ1v) is 7.29. The summed E-state index contributed by atoms with van der Waals surface area (Å²) in [6.45, 7) is 2.44. The summed E-state index contributed by atoms with van der Waals surface area (Å²) in [7, 11) is 0. The van der Waals surface area contributed by atoms with E-state index in [0.29, 0.717) is 32.3 Å². The Labute approximate surface area is 118 Å². The van der Waals surface area contributed by atoms with Gasteiger partial charge in [0.05, 0.1) is 29.9 Å². The first-order chi connectivity index (χ1) is 8.79. The second-order valence-electron chi connectivity index (χ2n) is 3.54. The van der Waals surface area contributed by atoms with E-state index in [9.17, 15) is 0 Å². The molecule has 1 aromatic rings. The molecule has 0 N–H and O–H groups in total. The third-order valence-electron chi connectivity index (χ3n) is 2.21. The molecule has 0 aliphatic carbocycles. The van der Waals surface area contributed by atoms with Gasteiger partial charge in [0.25, 0.3) is 0 Å². The van der Waals surface area contributed by atoms with E-state index in [1.807, 2.05) is 11.2 Å². The fraction of sp³-hybridized carbons (Fsp3) is 0.500. The third-order valence-corrected chi connectivity index (χ3v) is 3.02. The molecule has 2 heterocycles. The molecule has 0 aromatic carbocycles. The summed E-state index contributed by atoms with van der Waals surface area (Å²) in [5, 5.41) is 4.02.